The molecule has 4 aromatic rings. The predicted molar refractivity (Wildman–Crippen MR) is 154 cm³/mol. The molecule has 1 saturated heterocycles. The van der Waals surface area contributed by atoms with E-state index in [0.717, 1.165) is 40.4 Å². The van der Waals surface area contributed by atoms with E-state index in [4.69, 9.17) is 26.1 Å². The van der Waals surface area contributed by atoms with Gasteiger partial charge in [-0.25, -0.2) is 4.98 Å². The van der Waals surface area contributed by atoms with Crippen LogP contribution in [0.15, 0.2) is 54.7 Å². The summed E-state index contributed by atoms with van der Waals surface area (Å²) >= 11 is 6.45. The molecule has 0 atom stereocenters. The number of nitrogens with zero attached hydrogens (tertiary/aromatic N) is 4. The number of carbonyl (C=O) groups is 1. The van der Waals surface area contributed by atoms with E-state index in [1.807, 2.05) is 48.0 Å². The molecule has 5 rings (SSSR count). The van der Waals surface area contributed by atoms with E-state index in [9.17, 15) is 4.79 Å². The normalized spacial score (nSPS) is 14.5. The smallest absolute Gasteiger partial charge is 0.208 e. The van der Waals surface area contributed by atoms with Crippen LogP contribution in [0.2, 0.25) is 5.02 Å². The maximum Gasteiger partial charge on any atom is 0.208 e. The minimum atomic E-state index is -0.0732. The number of ketones is 1. The van der Waals surface area contributed by atoms with E-state index in [1.54, 1.807) is 12.3 Å². The maximum atomic E-state index is 12.6. The first-order valence-electron chi connectivity index (χ1n) is 13.1. The fraction of sp³-hybridized carbons (Fsp3) is 0.367. The van der Waals surface area contributed by atoms with E-state index in [-0.39, 0.29) is 17.6 Å². The Hall–Kier alpha value is -3.46. The lowest BCUT2D eigenvalue weighted by Gasteiger charge is -2.25. The van der Waals surface area contributed by atoms with E-state index in [1.165, 1.54) is 0 Å². The van der Waals surface area contributed by atoms with Gasteiger partial charge in [0.1, 0.15) is 11.5 Å². The first kappa shape index (κ1) is 27.1. The molecule has 1 aliphatic rings. The highest BCUT2D eigenvalue weighted by molar-refractivity contribution is 6.31. The summed E-state index contributed by atoms with van der Waals surface area (Å²) in [6.45, 7) is 9.76. The molecule has 3 heterocycles. The van der Waals surface area contributed by atoms with Crippen molar-refractivity contribution in [2.45, 2.75) is 32.6 Å². The topological polar surface area (TPSA) is 81.5 Å². The lowest BCUT2D eigenvalue weighted by molar-refractivity contribution is -0.120. The molecule has 0 unspecified atom stereocenters. The van der Waals surface area contributed by atoms with Crippen molar-refractivity contribution < 1.29 is 14.3 Å². The van der Waals surface area contributed by atoms with E-state index in [0.29, 0.717) is 42.9 Å². The number of imidazole rings is 1. The molecule has 0 amide bonds. The maximum absolute atomic E-state index is 12.6. The molecular formula is C30H34ClN5O3. The summed E-state index contributed by atoms with van der Waals surface area (Å²) in [5, 5.41) is 4.18. The lowest BCUT2D eigenvalue weighted by Crippen LogP contribution is -2.39. The molecule has 8 nitrogen and oxygen atoms in total. The first-order chi connectivity index (χ1) is 18.7. The molecule has 204 valence electrons. The van der Waals surface area contributed by atoms with Crippen LogP contribution in [0.3, 0.4) is 0 Å². The third kappa shape index (κ3) is 6.58. The van der Waals surface area contributed by atoms with Gasteiger partial charge in [-0.2, -0.15) is 0 Å². The Labute approximate surface area is 233 Å². The van der Waals surface area contributed by atoms with Gasteiger partial charge in [-0.15, -0.1) is 0 Å². The van der Waals surface area contributed by atoms with Crippen LogP contribution in [0, 0.1) is 0 Å². The number of hydrogen-bond donors (Lipinski definition) is 1. The van der Waals surface area contributed by atoms with Crippen molar-refractivity contribution in [1.82, 2.24) is 19.4 Å². The number of hydrogen-bond acceptors (Lipinski definition) is 7. The summed E-state index contributed by atoms with van der Waals surface area (Å²) in [4.78, 5) is 23.9. The van der Waals surface area contributed by atoms with Crippen molar-refractivity contribution >= 4 is 40.1 Å². The van der Waals surface area contributed by atoms with Gasteiger partial charge in [0.2, 0.25) is 5.95 Å². The number of halogens is 1. The van der Waals surface area contributed by atoms with E-state index < -0.39 is 0 Å². The Morgan fingerprint density at radius 3 is 2.62 bits per heavy atom. The fourth-order valence-corrected chi connectivity index (χ4v) is 5.08. The van der Waals surface area contributed by atoms with Gasteiger partial charge in [0, 0.05) is 49.2 Å². The molecule has 39 heavy (non-hydrogen) atoms. The number of anilines is 2. The molecule has 1 N–H and O–H groups in total. The third-order valence-corrected chi connectivity index (χ3v) is 7.12. The third-order valence-electron chi connectivity index (χ3n) is 6.79. The minimum Gasteiger partial charge on any atom is -0.457 e. The van der Waals surface area contributed by atoms with E-state index in [2.05, 4.69) is 42.0 Å². The second-order valence-corrected chi connectivity index (χ2v) is 11.3. The molecule has 0 spiro atoms. The van der Waals surface area contributed by atoms with Crippen molar-refractivity contribution in [3.05, 3.63) is 71.0 Å². The van der Waals surface area contributed by atoms with Gasteiger partial charge in [-0.05, 0) is 47.4 Å². The van der Waals surface area contributed by atoms with Gasteiger partial charge in [-0.1, -0.05) is 32.4 Å². The molecule has 1 aliphatic heterocycles. The number of Topliss-reactive ketones (excluding diaryl/α,β-unsaturated/α-hetero) is 1. The summed E-state index contributed by atoms with van der Waals surface area (Å²) in [6, 6.07) is 15.4. The number of aryl methyl sites for hydroxylation is 1. The second-order valence-electron chi connectivity index (χ2n) is 10.9. The fourth-order valence-electron chi connectivity index (χ4n) is 4.68. The van der Waals surface area contributed by atoms with Gasteiger partial charge in [0.05, 0.1) is 42.9 Å². The molecule has 2 aromatic carbocycles. The van der Waals surface area contributed by atoms with Crippen LogP contribution >= 0.6 is 11.6 Å². The zero-order valence-corrected chi connectivity index (χ0v) is 23.6. The predicted octanol–water partition coefficient (Wildman–Crippen LogP) is 5.90. The Bertz CT molecular complexity index is 1490. The highest BCUT2D eigenvalue weighted by Gasteiger charge is 2.19. The SMILES string of the molecule is Cn1c(Nc2ccc(Cl)c(C(C)(C)C)c2)nc2cc(Oc3ccnc(CC(=O)CN4CCOCC4)c3)ccc21. The summed E-state index contributed by atoms with van der Waals surface area (Å²) in [5.74, 6) is 2.13. The van der Waals surface area contributed by atoms with Crippen molar-refractivity contribution in [2.24, 2.45) is 7.05 Å². The second kappa shape index (κ2) is 11.3. The van der Waals surface area contributed by atoms with Crippen LogP contribution in [0.5, 0.6) is 11.5 Å². The van der Waals surface area contributed by atoms with Gasteiger partial charge in [-0.3, -0.25) is 14.7 Å². The molecule has 0 bridgehead atoms. The average Bonchev–Trinajstić information content (AvgIpc) is 3.19. The number of rotatable bonds is 8. The number of carbonyl (C=O) groups excluding carboxylic acids is 1. The number of fused-ring (bicyclic) bond motifs is 1. The summed E-state index contributed by atoms with van der Waals surface area (Å²) < 4.78 is 13.5. The summed E-state index contributed by atoms with van der Waals surface area (Å²) in [7, 11) is 1.97. The highest BCUT2D eigenvalue weighted by atomic mass is 35.5. The molecule has 1 fully saturated rings. The zero-order chi connectivity index (χ0) is 27.6. The van der Waals surface area contributed by atoms with Crippen LogP contribution < -0.4 is 10.1 Å². The van der Waals surface area contributed by atoms with Crippen LogP contribution in [0.1, 0.15) is 32.0 Å². The minimum absolute atomic E-state index is 0.0732. The largest absolute Gasteiger partial charge is 0.457 e. The standard InChI is InChI=1S/C30H34ClN5O3/c1-30(2,3)25-17-20(5-7-26(25)31)33-29-34-27-18-23(6-8-28(27)35(29)4)39-24-9-10-32-21(16-24)15-22(37)19-36-11-13-38-14-12-36/h5-10,16-18H,11-15,19H2,1-4H3,(H,33,34). The van der Waals surface area contributed by atoms with Gasteiger partial charge in [0.15, 0.2) is 5.78 Å². The monoisotopic (exact) mass is 547 g/mol. The summed E-state index contributed by atoms with van der Waals surface area (Å²) in [6.07, 6.45) is 1.94. The lowest BCUT2D eigenvalue weighted by atomic mass is 9.87. The first-order valence-corrected chi connectivity index (χ1v) is 13.5. The number of ether oxygens (including phenoxy) is 2. The Morgan fingerprint density at radius 2 is 1.85 bits per heavy atom. The Kier molecular flexibility index (Phi) is 7.88. The Balaban J connectivity index is 1.29. The van der Waals surface area contributed by atoms with E-state index >= 15 is 0 Å². The van der Waals surface area contributed by atoms with Gasteiger partial charge < -0.3 is 19.4 Å². The van der Waals surface area contributed by atoms with Crippen LogP contribution in [0.25, 0.3) is 11.0 Å². The number of benzene rings is 2. The van der Waals surface area contributed by atoms with Crippen LogP contribution in [-0.4, -0.2) is 58.1 Å². The van der Waals surface area contributed by atoms with Gasteiger partial charge >= 0.3 is 0 Å². The number of aromatic nitrogens is 3. The highest BCUT2D eigenvalue weighted by Crippen LogP contribution is 2.33. The summed E-state index contributed by atoms with van der Waals surface area (Å²) in [5.41, 5.74) is 4.39. The molecule has 2 aromatic heterocycles. The van der Waals surface area contributed by atoms with Crippen molar-refractivity contribution in [3.8, 4) is 11.5 Å². The van der Waals surface area contributed by atoms with Gasteiger partial charge in [0.25, 0.3) is 0 Å². The van der Waals surface area contributed by atoms with Crippen LogP contribution in [0.4, 0.5) is 11.6 Å². The number of morpholine rings is 1. The number of pyridine rings is 1. The van der Waals surface area contributed by atoms with Crippen molar-refractivity contribution in [3.63, 3.8) is 0 Å². The molecule has 0 radical (unpaired) electrons. The molecule has 0 aliphatic carbocycles. The molecule has 0 saturated carbocycles. The average molecular weight is 548 g/mol. The van der Waals surface area contributed by atoms with Crippen LogP contribution in [-0.2, 0) is 28.4 Å². The Morgan fingerprint density at radius 1 is 1.08 bits per heavy atom. The zero-order valence-electron chi connectivity index (χ0n) is 22.8. The van der Waals surface area contributed by atoms with Crippen molar-refractivity contribution in [1.29, 1.82) is 0 Å². The quantitative estimate of drug-likeness (QED) is 0.294. The number of nitrogens with one attached hydrogen (secondary N) is 1. The van der Waals surface area contributed by atoms with Crippen molar-refractivity contribution in [2.75, 3.05) is 38.2 Å². The molecule has 9 heteroatoms. The molecular weight excluding hydrogens is 514 g/mol.